The van der Waals surface area contributed by atoms with E-state index >= 15 is 0 Å². The Balaban J connectivity index is 1.63. The lowest BCUT2D eigenvalue weighted by Gasteiger charge is -2.20. The standard InChI is InChI=1S/C19H29N3O2/c1-14-7-9-16(10-8-14)18(20)19(24)22-12-11-21-17(23)13-15-5-3-2-4-6-15/h7-10,15,18H,2-6,11-13,20H2,1H3,(H,21,23)(H,22,24). The van der Waals surface area contributed by atoms with Crippen molar-refractivity contribution in [3.63, 3.8) is 0 Å². The Morgan fingerprint density at radius 1 is 1.08 bits per heavy atom. The Hall–Kier alpha value is -1.88. The average Bonchev–Trinajstić information content (AvgIpc) is 2.59. The Morgan fingerprint density at radius 3 is 2.38 bits per heavy atom. The van der Waals surface area contributed by atoms with Crippen molar-refractivity contribution in [3.05, 3.63) is 35.4 Å². The van der Waals surface area contributed by atoms with Gasteiger partial charge in [-0.1, -0.05) is 49.1 Å². The zero-order valence-electron chi connectivity index (χ0n) is 14.5. The van der Waals surface area contributed by atoms with Crippen molar-refractivity contribution in [2.24, 2.45) is 11.7 Å². The van der Waals surface area contributed by atoms with Gasteiger partial charge >= 0.3 is 0 Å². The molecule has 5 nitrogen and oxygen atoms in total. The van der Waals surface area contributed by atoms with Gasteiger partial charge in [-0.25, -0.2) is 0 Å². The molecule has 1 aliphatic rings. The van der Waals surface area contributed by atoms with E-state index in [2.05, 4.69) is 10.6 Å². The number of rotatable bonds is 7. The topological polar surface area (TPSA) is 84.2 Å². The summed E-state index contributed by atoms with van der Waals surface area (Å²) < 4.78 is 0. The summed E-state index contributed by atoms with van der Waals surface area (Å²) in [6, 6.07) is 6.93. The fourth-order valence-corrected chi connectivity index (χ4v) is 3.15. The summed E-state index contributed by atoms with van der Waals surface area (Å²) >= 11 is 0. The van der Waals surface area contributed by atoms with Gasteiger partial charge in [-0.05, 0) is 31.2 Å². The fraction of sp³-hybridized carbons (Fsp3) is 0.579. The van der Waals surface area contributed by atoms with E-state index in [4.69, 9.17) is 5.73 Å². The van der Waals surface area contributed by atoms with Crippen LogP contribution in [0.4, 0.5) is 0 Å². The van der Waals surface area contributed by atoms with Gasteiger partial charge in [0.05, 0.1) is 0 Å². The second-order valence-electron chi connectivity index (χ2n) is 6.74. The summed E-state index contributed by atoms with van der Waals surface area (Å²) in [5.41, 5.74) is 7.88. The van der Waals surface area contributed by atoms with Crippen LogP contribution in [0.5, 0.6) is 0 Å². The molecule has 1 unspecified atom stereocenters. The molecule has 4 N–H and O–H groups in total. The van der Waals surface area contributed by atoms with Crippen molar-refractivity contribution in [1.29, 1.82) is 0 Å². The number of carbonyl (C=O) groups is 2. The molecule has 1 aromatic carbocycles. The lowest BCUT2D eigenvalue weighted by molar-refractivity contribution is -0.124. The second-order valence-corrected chi connectivity index (χ2v) is 6.74. The summed E-state index contributed by atoms with van der Waals surface area (Å²) in [5.74, 6) is 0.391. The maximum absolute atomic E-state index is 12.0. The van der Waals surface area contributed by atoms with E-state index < -0.39 is 6.04 Å². The van der Waals surface area contributed by atoms with Crippen molar-refractivity contribution in [1.82, 2.24) is 10.6 Å². The molecule has 0 spiro atoms. The van der Waals surface area contributed by atoms with Crippen molar-refractivity contribution < 1.29 is 9.59 Å². The van der Waals surface area contributed by atoms with Crippen molar-refractivity contribution in [2.45, 2.75) is 51.5 Å². The van der Waals surface area contributed by atoms with Crippen LogP contribution in [0.15, 0.2) is 24.3 Å². The van der Waals surface area contributed by atoms with Crippen molar-refractivity contribution in [3.8, 4) is 0 Å². The summed E-state index contributed by atoms with van der Waals surface area (Å²) in [6.07, 6.45) is 6.71. The average molecular weight is 331 g/mol. The van der Waals surface area contributed by atoms with Gasteiger partial charge < -0.3 is 16.4 Å². The van der Waals surface area contributed by atoms with Gasteiger partial charge in [-0.3, -0.25) is 9.59 Å². The lowest BCUT2D eigenvalue weighted by atomic mass is 9.87. The van der Waals surface area contributed by atoms with Crippen LogP contribution >= 0.6 is 0 Å². The number of benzene rings is 1. The van der Waals surface area contributed by atoms with E-state index in [1.165, 1.54) is 19.3 Å². The predicted molar refractivity (Wildman–Crippen MR) is 95.3 cm³/mol. The quantitative estimate of drug-likeness (QED) is 0.670. The summed E-state index contributed by atoms with van der Waals surface area (Å²) in [7, 11) is 0. The van der Waals surface area contributed by atoms with Crippen LogP contribution < -0.4 is 16.4 Å². The van der Waals surface area contributed by atoms with Gasteiger partial charge in [0.15, 0.2) is 0 Å². The van der Waals surface area contributed by atoms with Crippen LogP contribution in [-0.2, 0) is 9.59 Å². The van der Waals surface area contributed by atoms with E-state index in [0.717, 1.165) is 24.0 Å². The monoisotopic (exact) mass is 331 g/mol. The van der Waals surface area contributed by atoms with Gasteiger partial charge in [0, 0.05) is 19.5 Å². The minimum absolute atomic E-state index is 0.0824. The minimum atomic E-state index is -0.677. The molecule has 1 atom stereocenters. The maximum atomic E-state index is 12.0. The minimum Gasteiger partial charge on any atom is -0.354 e. The van der Waals surface area contributed by atoms with E-state index in [1.807, 2.05) is 31.2 Å². The third kappa shape index (κ3) is 5.96. The number of hydrogen-bond acceptors (Lipinski definition) is 3. The third-order valence-corrected chi connectivity index (χ3v) is 4.66. The zero-order valence-corrected chi connectivity index (χ0v) is 14.5. The molecule has 5 heteroatoms. The number of aryl methyl sites for hydroxylation is 1. The van der Waals surface area contributed by atoms with Crippen LogP contribution in [0.25, 0.3) is 0 Å². The van der Waals surface area contributed by atoms with Gasteiger partial charge in [-0.2, -0.15) is 0 Å². The highest BCUT2D eigenvalue weighted by atomic mass is 16.2. The molecule has 1 fully saturated rings. The summed E-state index contributed by atoms with van der Waals surface area (Å²) in [6.45, 7) is 2.83. The van der Waals surface area contributed by atoms with Crippen LogP contribution in [0, 0.1) is 12.8 Å². The SMILES string of the molecule is Cc1ccc(C(N)C(=O)NCCNC(=O)CC2CCCCC2)cc1. The van der Waals surface area contributed by atoms with E-state index in [9.17, 15) is 9.59 Å². The molecule has 1 aromatic rings. The molecule has 0 heterocycles. The van der Waals surface area contributed by atoms with Crippen molar-refractivity contribution in [2.75, 3.05) is 13.1 Å². The molecule has 0 radical (unpaired) electrons. The molecule has 0 saturated heterocycles. The third-order valence-electron chi connectivity index (χ3n) is 4.66. The molecule has 0 aromatic heterocycles. The second kappa shape index (κ2) is 9.42. The van der Waals surface area contributed by atoms with Crippen LogP contribution in [-0.4, -0.2) is 24.9 Å². The smallest absolute Gasteiger partial charge is 0.241 e. The molecule has 1 saturated carbocycles. The first-order valence-electron chi connectivity index (χ1n) is 8.93. The first-order valence-corrected chi connectivity index (χ1v) is 8.93. The molecule has 132 valence electrons. The first-order chi connectivity index (χ1) is 11.6. The number of amides is 2. The fourth-order valence-electron chi connectivity index (χ4n) is 3.15. The Kier molecular flexibility index (Phi) is 7.25. The first kappa shape index (κ1) is 18.5. The van der Waals surface area contributed by atoms with E-state index in [-0.39, 0.29) is 11.8 Å². The largest absolute Gasteiger partial charge is 0.354 e. The number of nitrogens with two attached hydrogens (primary N) is 1. The number of carbonyl (C=O) groups excluding carboxylic acids is 2. The van der Waals surface area contributed by atoms with Gasteiger partial charge in [0.1, 0.15) is 6.04 Å². The normalized spacial score (nSPS) is 16.4. The highest BCUT2D eigenvalue weighted by molar-refractivity contribution is 5.83. The molecule has 0 aliphatic heterocycles. The molecule has 2 rings (SSSR count). The molecular formula is C19H29N3O2. The Labute approximate surface area is 144 Å². The number of hydrogen-bond donors (Lipinski definition) is 3. The summed E-state index contributed by atoms with van der Waals surface area (Å²) in [4.78, 5) is 23.9. The van der Waals surface area contributed by atoms with Crippen LogP contribution in [0.1, 0.15) is 55.7 Å². The van der Waals surface area contributed by atoms with Gasteiger partial charge in [0.25, 0.3) is 0 Å². The number of nitrogens with one attached hydrogen (secondary N) is 2. The molecular weight excluding hydrogens is 302 g/mol. The van der Waals surface area contributed by atoms with Crippen LogP contribution in [0.3, 0.4) is 0 Å². The van der Waals surface area contributed by atoms with Gasteiger partial charge in [-0.15, -0.1) is 0 Å². The molecule has 0 bridgehead atoms. The highest BCUT2D eigenvalue weighted by Gasteiger charge is 2.17. The van der Waals surface area contributed by atoms with Gasteiger partial charge in [0.2, 0.25) is 11.8 Å². The molecule has 1 aliphatic carbocycles. The Morgan fingerprint density at radius 2 is 1.71 bits per heavy atom. The molecule has 2 amide bonds. The predicted octanol–water partition coefficient (Wildman–Crippen LogP) is 2.20. The maximum Gasteiger partial charge on any atom is 0.241 e. The van der Waals surface area contributed by atoms with E-state index in [0.29, 0.717) is 25.4 Å². The summed E-state index contributed by atoms with van der Waals surface area (Å²) in [5, 5.41) is 5.65. The Bertz CT molecular complexity index is 536. The zero-order chi connectivity index (χ0) is 17.4. The van der Waals surface area contributed by atoms with Crippen molar-refractivity contribution >= 4 is 11.8 Å². The lowest BCUT2D eigenvalue weighted by Crippen LogP contribution is -2.39. The van der Waals surface area contributed by atoms with E-state index in [1.54, 1.807) is 0 Å². The molecule has 24 heavy (non-hydrogen) atoms. The van der Waals surface area contributed by atoms with Crippen LogP contribution in [0.2, 0.25) is 0 Å². The highest BCUT2D eigenvalue weighted by Crippen LogP contribution is 2.25.